The smallest absolute Gasteiger partial charge is 0.307 e. The molecule has 3 rings (SSSR count). The van der Waals surface area contributed by atoms with E-state index in [0.29, 0.717) is 37.7 Å². The molecule has 2 saturated heterocycles. The Balaban J connectivity index is 1.48. The standard InChI is InChI=1S/C23H33N3O6/c1-16(2)14-32-22(28)12-20-23(29)24-9-10-26(20)13-21(27)25-17-5-7-18(8-6-17)31-15-19-4-3-11-30-19/h5-8,16,19-20H,3-4,9-15H2,1-2H3,(H,24,29)(H,25,27). The number of hydrogen-bond donors (Lipinski definition) is 2. The highest BCUT2D eigenvalue weighted by Gasteiger charge is 2.33. The van der Waals surface area contributed by atoms with E-state index in [4.69, 9.17) is 14.2 Å². The van der Waals surface area contributed by atoms with Crippen molar-refractivity contribution < 1.29 is 28.6 Å². The highest BCUT2D eigenvalue weighted by Crippen LogP contribution is 2.19. The van der Waals surface area contributed by atoms with Crippen molar-refractivity contribution in [1.29, 1.82) is 0 Å². The summed E-state index contributed by atoms with van der Waals surface area (Å²) in [4.78, 5) is 38.7. The Bertz CT molecular complexity index is 776. The maximum Gasteiger partial charge on any atom is 0.307 e. The summed E-state index contributed by atoms with van der Waals surface area (Å²) in [5.41, 5.74) is 0.633. The molecule has 0 spiro atoms. The summed E-state index contributed by atoms with van der Waals surface area (Å²) in [6.45, 7) is 6.42. The van der Waals surface area contributed by atoms with Gasteiger partial charge in [0.25, 0.3) is 0 Å². The Kier molecular flexibility index (Phi) is 8.87. The molecule has 0 saturated carbocycles. The first-order valence-corrected chi connectivity index (χ1v) is 11.2. The molecule has 2 amide bonds. The van der Waals surface area contributed by atoms with E-state index in [1.165, 1.54) is 0 Å². The van der Waals surface area contributed by atoms with Gasteiger partial charge in [0.1, 0.15) is 18.4 Å². The van der Waals surface area contributed by atoms with Crippen molar-refractivity contribution in [2.75, 3.05) is 44.8 Å². The summed E-state index contributed by atoms with van der Waals surface area (Å²) < 4.78 is 16.5. The lowest BCUT2D eigenvalue weighted by Crippen LogP contribution is -2.57. The molecule has 1 aromatic rings. The molecular formula is C23H33N3O6. The first-order valence-electron chi connectivity index (χ1n) is 11.2. The molecule has 0 bridgehead atoms. The number of benzene rings is 1. The van der Waals surface area contributed by atoms with Crippen molar-refractivity contribution in [1.82, 2.24) is 10.2 Å². The lowest BCUT2D eigenvalue weighted by molar-refractivity contribution is -0.149. The number of hydrogen-bond acceptors (Lipinski definition) is 7. The molecule has 2 atom stereocenters. The third-order valence-electron chi connectivity index (χ3n) is 5.32. The maximum atomic E-state index is 12.6. The average molecular weight is 448 g/mol. The van der Waals surface area contributed by atoms with Crippen molar-refractivity contribution in [2.24, 2.45) is 5.92 Å². The highest BCUT2D eigenvalue weighted by molar-refractivity contribution is 5.93. The number of ether oxygens (including phenoxy) is 3. The minimum atomic E-state index is -0.720. The van der Waals surface area contributed by atoms with Crippen LogP contribution in [0.1, 0.15) is 33.1 Å². The Hall–Kier alpha value is -2.65. The topological polar surface area (TPSA) is 106 Å². The predicted octanol–water partition coefficient (Wildman–Crippen LogP) is 1.57. The lowest BCUT2D eigenvalue weighted by atomic mass is 10.1. The van der Waals surface area contributed by atoms with E-state index in [9.17, 15) is 14.4 Å². The van der Waals surface area contributed by atoms with Crippen LogP contribution in [0.25, 0.3) is 0 Å². The number of piperazine rings is 1. The van der Waals surface area contributed by atoms with E-state index in [-0.39, 0.29) is 36.8 Å². The molecule has 1 aromatic carbocycles. The summed E-state index contributed by atoms with van der Waals surface area (Å²) in [7, 11) is 0. The second-order valence-electron chi connectivity index (χ2n) is 8.58. The maximum absolute atomic E-state index is 12.6. The number of esters is 1. The Morgan fingerprint density at radius 2 is 2.06 bits per heavy atom. The van der Waals surface area contributed by atoms with E-state index in [1.54, 1.807) is 29.2 Å². The molecule has 32 heavy (non-hydrogen) atoms. The molecular weight excluding hydrogens is 414 g/mol. The van der Waals surface area contributed by atoms with Crippen LogP contribution in [0.3, 0.4) is 0 Å². The van der Waals surface area contributed by atoms with Crippen molar-refractivity contribution >= 4 is 23.5 Å². The molecule has 2 heterocycles. The average Bonchev–Trinajstić information content (AvgIpc) is 3.28. The van der Waals surface area contributed by atoms with Crippen molar-refractivity contribution in [3.8, 4) is 5.75 Å². The Morgan fingerprint density at radius 3 is 2.75 bits per heavy atom. The van der Waals surface area contributed by atoms with Gasteiger partial charge in [0.05, 0.1) is 25.7 Å². The number of anilines is 1. The SMILES string of the molecule is CC(C)COC(=O)CC1C(=O)NCCN1CC(=O)Nc1ccc(OCC2CCCO2)cc1. The molecule has 0 aliphatic carbocycles. The third kappa shape index (κ3) is 7.49. The third-order valence-corrected chi connectivity index (χ3v) is 5.32. The van der Waals surface area contributed by atoms with E-state index in [2.05, 4.69) is 10.6 Å². The van der Waals surface area contributed by atoms with Gasteiger partial charge in [0.2, 0.25) is 11.8 Å². The molecule has 9 nitrogen and oxygen atoms in total. The van der Waals surface area contributed by atoms with Gasteiger partial charge in [-0.05, 0) is 43.0 Å². The number of rotatable bonds is 10. The van der Waals surface area contributed by atoms with Crippen LogP contribution in [0, 0.1) is 5.92 Å². The zero-order valence-electron chi connectivity index (χ0n) is 18.8. The van der Waals surface area contributed by atoms with Crippen LogP contribution in [0.5, 0.6) is 5.75 Å². The number of carbonyl (C=O) groups is 3. The van der Waals surface area contributed by atoms with E-state index < -0.39 is 12.0 Å². The number of carbonyl (C=O) groups excluding carboxylic acids is 3. The molecule has 2 unspecified atom stereocenters. The van der Waals surface area contributed by atoms with Crippen LogP contribution < -0.4 is 15.4 Å². The Morgan fingerprint density at radius 1 is 1.28 bits per heavy atom. The summed E-state index contributed by atoms with van der Waals surface area (Å²) in [5.74, 6) is -0.0312. The molecule has 2 fully saturated rings. The summed E-state index contributed by atoms with van der Waals surface area (Å²) >= 11 is 0. The van der Waals surface area contributed by atoms with Gasteiger partial charge >= 0.3 is 5.97 Å². The summed E-state index contributed by atoms with van der Waals surface area (Å²) in [6, 6.07) is 6.42. The first kappa shape index (κ1) is 24.0. The number of nitrogens with one attached hydrogen (secondary N) is 2. The molecule has 9 heteroatoms. The molecule has 2 aliphatic heterocycles. The second-order valence-corrected chi connectivity index (χ2v) is 8.58. The van der Waals surface area contributed by atoms with Gasteiger partial charge in [-0.15, -0.1) is 0 Å². The van der Waals surface area contributed by atoms with Gasteiger partial charge in [0.15, 0.2) is 0 Å². The van der Waals surface area contributed by atoms with Gasteiger partial charge in [-0.25, -0.2) is 0 Å². The monoisotopic (exact) mass is 447 g/mol. The first-order chi connectivity index (χ1) is 15.4. The van der Waals surface area contributed by atoms with E-state index >= 15 is 0 Å². The van der Waals surface area contributed by atoms with E-state index in [0.717, 1.165) is 19.4 Å². The lowest BCUT2D eigenvalue weighted by Gasteiger charge is -2.33. The minimum absolute atomic E-state index is 0.00676. The second kappa shape index (κ2) is 11.8. The molecule has 0 radical (unpaired) electrons. The molecule has 2 N–H and O–H groups in total. The minimum Gasteiger partial charge on any atom is -0.491 e. The fraction of sp³-hybridized carbons (Fsp3) is 0.609. The van der Waals surface area contributed by atoms with Gasteiger partial charge in [-0.2, -0.15) is 0 Å². The highest BCUT2D eigenvalue weighted by atomic mass is 16.5. The van der Waals surface area contributed by atoms with E-state index in [1.807, 2.05) is 13.8 Å². The van der Waals surface area contributed by atoms with Gasteiger partial charge in [-0.3, -0.25) is 19.3 Å². The van der Waals surface area contributed by atoms with Crippen LogP contribution in [0.4, 0.5) is 5.69 Å². The quantitative estimate of drug-likeness (QED) is 0.525. The van der Waals surface area contributed by atoms with Crippen LogP contribution in [0.15, 0.2) is 24.3 Å². The Labute approximate surface area is 188 Å². The molecule has 2 aliphatic rings. The van der Waals surface area contributed by atoms with Gasteiger partial charge in [0, 0.05) is 25.4 Å². The summed E-state index contributed by atoms with van der Waals surface area (Å²) in [6.07, 6.45) is 2.14. The van der Waals surface area contributed by atoms with Crippen LogP contribution in [0.2, 0.25) is 0 Å². The van der Waals surface area contributed by atoms with Crippen LogP contribution >= 0.6 is 0 Å². The van der Waals surface area contributed by atoms with Crippen LogP contribution in [-0.2, 0) is 23.9 Å². The number of nitrogens with zero attached hydrogens (tertiary/aromatic N) is 1. The van der Waals surface area contributed by atoms with Crippen LogP contribution in [-0.4, -0.2) is 74.3 Å². The fourth-order valence-electron chi connectivity index (χ4n) is 3.63. The van der Waals surface area contributed by atoms with Crippen molar-refractivity contribution in [2.45, 2.75) is 45.3 Å². The zero-order chi connectivity index (χ0) is 22.9. The van der Waals surface area contributed by atoms with Crippen molar-refractivity contribution in [3.05, 3.63) is 24.3 Å². The fourth-order valence-corrected chi connectivity index (χ4v) is 3.63. The molecule has 176 valence electrons. The number of amides is 2. The zero-order valence-corrected chi connectivity index (χ0v) is 18.8. The normalized spacial score (nSPS) is 21.3. The largest absolute Gasteiger partial charge is 0.491 e. The van der Waals surface area contributed by atoms with Crippen molar-refractivity contribution in [3.63, 3.8) is 0 Å². The van der Waals surface area contributed by atoms with Gasteiger partial charge in [-0.1, -0.05) is 13.8 Å². The van der Waals surface area contributed by atoms with Gasteiger partial charge < -0.3 is 24.8 Å². The predicted molar refractivity (Wildman–Crippen MR) is 118 cm³/mol. The summed E-state index contributed by atoms with van der Waals surface area (Å²) in [5, 5.41) is 5.58. The molecule has 0 aromatic heterocycles.